The van der Waals surface area contributed by atoms with Crippen LogP contribution in [0.25, 0.3) is 16.7 Å². The molecular weight excluding hydrogens is 432 g/mol. The number of piperidine rings is 1. The third kappa shape index (κ3) is 4.59. The molecule has 1 fully saturated rings. The number of hydrogen-bond donors (Lipinski definition) is 0. The Labute approximate surface area is 197 Å². The summed E-state index contributed by atoms with van der Waals surface area (Å²) in [6, 6.07) is 11.9. The molecule has 5 rings (SSSR count). The normalized spacial score (nSPS) is 15.0. The zero-order valence-corrected chi connectivity index (χ0v) is 19.6. The van der Waals surface area contributed by atoms with Gasteiger partial charge in [0.25, 0.3) is 0 Å². The molecule has 0 bridgehead atoms. The number of likely N-dealkylation sites (tertiary alicyclic amines) is 1. The lowest BCUT2D eigenvalue weighted by atomic mass is 10.1. The van der Waals surface area contributed by atoms with Gasteiger partial charge in [-0.15, -0.1) is 0 Å². The van der Waals surface area contributed by atoms with Crippen LogP contribution in [-0.2, 0) is 4.74 Å². The van der Waals surface area contributed by atoms with Crippen molar-refractivity contribution in [3.05, 3.63) is 61.3 Å². The number of nitrogens with zero attached hydrogens (tertiary/aromatic N) is 6. The molecule has 1 aromatic carbocycles. The second kappa shape index (κ2) is 8.81. The van der Waals surface area contributed by atoms with E-state index in [0.717, 1.165) is 29.6 Å². The molecule has 0 radical (unpaired) electrons. The summed E-state index contributed by atoms with van der Waals surface area (Å²) in [7, 11) is 0. The second-order valence-corrected chi connectivity index (χ2v) is 9.39. The molecule has 0 spiro atoms. The van der Waals surface area contributed by atoms with Gasteiger partial charge >= 0.3 is 6.09 Å². The highest BCUT2D eigenvalue weighted by atomic mass is 16.6. The Morgan fingerprint density at radius 2 is 1.74 bits per heavy atom. The molecule has 4 heterocycles. The van der Waals surface area contributed by atoms with E-state index < -0.39 is 5.60 Å². The Balaban J connectivity index is 1.29. The lowest BCUT2D eigenvalue weighted by Gasteiger charge is -2.33. The van der Waals surface area contributed by atoms with E-state index >= 15 is 0 Å². The summed E-state index contributed by atoms with van der Waals surface area (Å²) in [4.78, 5) is 22.9. The van der Waals surface area contributed by atoms with Crippen LogP contribution in [-0.4, -0.2) is 54.0 Å². The quantitative estimate of drug-likeness (QED) is 0.427. The second-order valence-electron chi connectivity index (χ2n) is 9.39. The minimum Gasteiger partial charge on any atom is -0.444 e. The highest BCUT2D eigenvalue weighted by molar-refractivity contribution is 5.80. The molecule has 1 aliphatic heterocycles. The van der Waals surface area contributed by atoms with Gasteiger partial charge in [0.2, 0.25) is 5.88 Å². The Morgan fingerprint density at radius 3 is 2.41 bits per heavy atom. The van der Waals surface area contributed by atoms with E-state index in [0.29, 0.717) is 24.7 Å². The van der Waals surface area contributed by atoms with Gasteiger partial charge < -0.3 is 18.9 Å². The summed E-state index contributed by atoms with van der Waals surface area (Å²) in [5.41, 5.74) is 1.28. The van der Waals surface area contributed by atoms with E-state index in [1.807, 2.05) is 78.8 Å². The van der Waals surface area contributed by atoms with E-state index in [-0.39, 0.29) is 12.1 Å². The average Bonchev–Trinajstić information content (AvgIpc) is 3.50. The fourth-order valence-corrected chi connectivity index (χ4v) is 4.11. The van der Waals surface area contributed by atoms with Crippen LogP contribution < -0.4 is 4.74 Å². The zero-order chi connectivity index (χ0) is 23.7. The maximum absolute atomic E-state index is 12.4. The first kappa shape index (κ1) is 21.9. The first-order valence-corrected chi connectivity index (χ1v) is 11.4. The van der Waals surface area contributed by atoms with Crippen LogP contribution in [0, 0.1) is 0 Å². The van der Waals surface area contributed by atoms with Crippen molar-refractivity contribution in [2.24, 2.45) is 0 Å². The third-order valence-corrected chi connectivity index (χ3v) is 5.77. The summed E-state index contributed by atoms with van der Waals surface area (Å²) in [5.74, 6) is 1.16. The van der Waals surface area contributed by atoms with E-state index in [2.05, 4.69) is 15.1 Å². The fraction of sp³-hybridized carbons (Fsp3) is 0.360. The summed E-state index contributed by atoms with van der Waals surface area (Å²) >= 11 is 0. The van der Waals surface area contributed by atoms with Crippen molar-refractivity contribution in [2.75, 3.05) is 13.1 Å². The fourth-order valence-electron chi connectivity index (χ4n) is 4.11. The van der Waals surface area contributed by atoms with Crippen LogP contribution in [0.2, 0.25) is 0 Å². The predicted molar refractivity (Wildman–Crippen MR) is 127 cm³/mol. The Morgan fingerprint density at radius 1 is 1.03 bits per heavy atom. The van der Waals surface area contributed by atoms with Gasteiger partial charge in [-0.2, -0.15) is 5.10 Å². The zero-order valence-electron chi connectivity index (χ0n) is 19.6. The lowest BCUT2D eigenvalue weighted by Crippen LogP contribution is -2.42. The summed E-state index contributed by atoms with van der Waals surface area (Å²) < 4.78 is 15.5. The first-order chi connectivity index (χ1) is 16.4. The van der Waals surface area contributed by atoms with E-state index in [4.69, 9.17) is 9.47 Å². The number of rotatable bonds is 4. The van der Waals surface area contributed by atoms with Crippen LogP contribution in [0.3, 0.4) is 0 Å². The first-order valence-electron chi connectivity index (χ1n) is 11.4. The van der Waals surface area contributed by atoms with Gasteiger partial charge in [-0.3, -0.25) is 0 Å². The summed E-state index contributed by atoms with van der Waals surface area (Å²) in [5, 5.41) is 5.35. The van der Waals surface area contributed by atoms with Crippen LogP contribution in [0.4, 0.5) is 4.79 Å². The number of hydrogen-bond acceptors (Lipinski definition) is 6. The molecule has 1 aliphatic rings. The minimum absolute atomic E-state index is 0.139. The largest absolute Gasteiger partial charge is 0.444 e. The standard InChI is InChI=1S/C25H28N6O3/c1-25(2,3)34-24(32)30-14-10-19(11-15-30)31-22-21(16-28-31)23(27-17-26-22)33-20-8-6-18(7-9-20)29-12-4-5-13-29/h4-9,12-13,16-17,19H,10-11,14-15H2,1-3H3. The highest BCUT2D eigenvalue weighted by Gasteiger charge is 2.29. The molecule has 9 heteroatoms. The number of fused-ring (bicyclic) bond motifs is 1. The van der Waals surface area contributed by atoms with E-state index in [1.165, 1.54) is 6.33 Å². The van der Waals surface area contributed by atoms with Gasteiger partial charge in [0.05, 0.1) is 12.2 Å². The van der Waals surface area contributed by atoms with Crippen molar-refractivity contribution >= 4 is 17.1 Å². The molecule has 0 aliphatic carbocycles. The van der Waals surface area contributed by atoms with Gasteiger partial charge in [-0.1, -0.05) is 0 Å². The Kier molecular flexibility index (Phi) is 5.69. The minimum atomic E-state index is -0.498. The van der Waals surface area contributed by atoms with E-state index in [1.54, 1.807) is 11.1 Å². The number of benzene rings is 1. The molecule has 9 nitrogen and oxygen atoms in total. The molecule has 176 valence electrons. The predicted octanol–water partition coefficient (Wildman–Crippen LogP) is 4.98. The SMILES string of the molecule is CC(C)(C)OC(=O)N1CCC(n2ncc3c(Oc4ccc(-n5cccc5)cc4)ncnc32)CC1. The van der Waals surface area contributed by atoms with Crippen LogP contribution >= 0.6 is 0 Å². The number of carbonyl (C=O) groups excluding carboxylic acids is 1. The van der Waals surface area contributed by atoms with Crippen LogP contribution in [0.5, 0.6) is 11.6 Å². The van der Waals surface area contributed by atoms with Crippen LogP contribution in [0.1, 0.15) is 39.7 Å². The Bertz CT molecular complexity index is 1270. The average molecular weight is 461 g/mol. The number of ether oxygens (including phenoxy) is 2. The highest BCUT2D eigenvalue weighted by Crippen LogP contribution is 2.31. The maximum Gasteiger partial charge on any atom is 0.410 e. The van der Waals surface area contributed by atoms with Crippen molar-refractivity contribution in [3.8, 4) is 17.3 Å². The van der Waals surface area contributed by atoms with Crippen molar-refractivity contribution < 1.29 is 14.3 Å². The molecule has 1 saturated heterocycles. The molecule has 4 aromatic rings. The number of amides is 1. The molecule has 34 heavy (non-hydrogen) atoms. The lowest BCUT2D eigenvalue weighted by molar-refractivity contribution is 0.0186. The molecule has 0 atom stereocenters. The maximum atomic E-state index is 12.4. The smallest absolute Gasteiger partial charge is 0.410 e. The van der Waals surface area contributed by atoms with Crippen molar-refractivity contribution in [2.45, 2.75) is 45.3 Å². The molecule has 0 unspecified atom stereocenters. The molecule has 1 amide bonds. The molecule has 0 saturated carbocycles. The summed E-state index contributed by atoms with van der Waals surface area (Å²) in [6.45, 7) is 6.86. The van der Waals surface area contributed by atoms with Crippen LogP contribution in [0.15, 0.2) is 61.3 Å². The topological polar surface area (TPSA) is 87.3 Å². The van der Waals surface area contributed by atoms with Gasteiger partial charge in [0, 0.05) is 31.2 Å². The van der Waals surface area contributed by atoms with E-state index in [9.17, 15) is 4.79 Å². The monoisotopic (exact) mass is 460 g/mol. The third-order valence-electron chi connectivity index (χ3n) is 5.77. The molecule has 3 aromatic heterocycles. The Hall–Kier alpha value is -3.88. The van der Waals surface area contributed by atoms with Gasteiger partial charge in [0.1, 0.15) is 23.1 Å². The van der Waals surface area contributed by atoms with Gasteiger partial charge in [-0.25, -0.2) is 19.4 Å². The van der Waals surface area contributed by atoms with Gasteiger partial charge in [0.15, 0.2) is 5.65 Å². The number of carbonyl (C=O) groups is 1. The van der Waals surface area contributed by atoms with Crippen molar-refractivity contribution in [3.63, 3.8) is 0 Å². The van der Waals surface area contributed by atoms with Gasteiger partial charge in [-0.05, 0) is 70.0 Å². The number of aromatic nitrogens is 5. The van der Waals surface area contributed by atoms with Crippen molar-refractivity contribution in [1.82, 2.24) is 29.2 Å². The molecular formula is C25H28N6O3. The summed E-state index contributed by atoms with van der Waals surface area (Å²) in [6.07, 6.45) is 8.52. The molecule has 0 N–H and O–H groups in total. The van der Waals surface area contributed by atoms with Crippen molar-refractivity contribution in [1.29, 1.82) is 0 Å².